The number of nitrogens with zero attached hydrogens (tertiary/aromatic N) is 2. The van der Waals surface area contributed by atoms with Gasteiger partial charge in [-0.1, -0.05) is 29.8 Å². The predicted molar refractivity (Wildman–Crippen MR) is 85.2 cm³/mol. The molecule has 0 aliphatic carbocycles. The topological polar surface area (TPSA) is 69.5 Å². The van der Waals surface area contributed by atoms with Gasteiger partial charge in [-0.15, -0.1) is 0 Å². The predicted octanol–water partition coefficient (Wildman–Crippen LogP) is 3.28. The molecule has 2 aromatic heterocycles. The first-order chi connectivity index (χ1) is 10.7. The molecule has 3 aromatic rings. The molecule has 0 bridgehead atoms. The van der Waals surface area contributed by atoms with Crippen LogP contribution in [0.3, 0.4) is 0 Å². The van der Waals surface area contributed by atoms with Gasteiger partial charge >= 0.3 is 0 Å². The molecule has 0 aliphatic rings. The van der Waals surface area contributed by atoms with Crippen LogP contribution in [0.1, 0.15) is 11.1 Å². The van der Waals surface area contributed by atoms with Crippen LogP contribution in [0.15, 0.2) is 59.7 Å². The Kier molecular flexibility index (Phi) is 3.55. The molecule has 0 amide bonds. The van der Waals surface area contributed by atoms with Crippen molar-refractivity contribution in [1.82, 2.24) is 9.97 Å². The monoisotopic (exact) mass is 287 g/mol. The van der Waals surface area contributed by atoms with Gasteiger partial charge in [0, 0.05) is 29.2 Å². The van der Waals surface area contributed by atoms with Gasteiger partial charge in [0.25, 0.3) is 5.56 Å². The van der Waals surface area contributed by atoms with Gasteiger partial charge < -0.3 is 4.98 Å². The van der Waals surface area contributed by atoms with E-state index in [1.165, 1.54) is 0 Å². The van der Waals surface area contributed by atoms with E-state index in [4.69, 9.17) is 0 Å². The molecule has 2 heterocycles. The second-order valence-corrected chi connectivity index (χ2v) is 5.01. The van der Waals surface area contributed by atoms with Crippen molar-refractivity contribution in [3.8, 4) is 28.5 Å². The Morgan fingerprint density at radius 3 is 2.36 bits per heavy atom. The van der Waals surface area contributed by atoms with Crippen LogP contribution in [-0.4, -0.2) is 9.97 Å². The zero-order valence-electron chi connectivity index (χ0n) is 12.0. The summed E-state index contributed by atoms with van der Waals surface area (Å²) in [6, 6.07) is 15.2. The Morgan fingerprint density at radius 2 is 1.73 bits per heavy atom. The van der Waals surface area contributed by atoms with Crippen molar-refractivity contribution in [3.05, 3.63) is 76.3 Å². The molecule has 0 radical (unpaired) electrons. The number of hydrogen-bond donors (Lipinski definition) is 1. The average Bonchev–Trinajstić information content (AvgIpc) is 2.55. The maximum absolute atomic E-state index is 12.2. The first-order valence-electron chi connectivity index (χ1n) is 6.84. The summed E-state index contributed by atoms with van der Waals surface area (Å²) in [6.07, 6.45) is 3.33. The molecule has 0 saturated heterocycles. The first kappa shape index (κ1) is 13.8. The lowest BCUT2D eigenvalue weighted by atomic mass is 9.98. The van der Waals surface area contributed by atoms with Crippen LogP contribution in [0, 0.1) is 18.3 Å². The Hall–Kier alpha value is -3.19. The molecule has 0 aliphatic heterocycles. The largest absolute Gasteiger partial charge is 0.321 e. The number of hydrogen-bond acceptors (Lipinski definition) is 3. The number of nitriles is 1. The standard InChI is InChI=1S/C18H13N3O/c1-12-2-4-13(5-3-12)15-10-17(14-6-8-20-9-7-14)21-18(22)16(15)11-19/h2-10H,1H3,(H,21,22). The summed E-state index contributed by atoms with van der Waals surface area (Å²) in [5, 5.41) is 9.30. The third-order valence-corrected chi connectivity index (χ3v) is 3.50. The molecule has 4 heteroatoms. The van der Waals surface area contributed by atoms with Crippen molar-refractivity contribution in [2.45, 2.75) is 6.92 Å². The molecule has 3 rings (SSSR count). The van der Waals surface area contributed by atoms with Crippen molar-refractivity contribution in [2.24, 2.45) is 0 Å². The molecule has 22 heavy (non-hydrogen) atoms. The molecule has 0 saturated carbocycles. The van der Waals surface area contributed by atoms with Crippen LogP contribution in [0.25, 0.3) is 22.4 Å². The van der Waals surface area contributed by atoms with Crippen molar-refractivity contribution >= 4 is 0 Å². The fraction of sp³-hybridized carbons (Fsp3) is 0.0556. The molecule has 1 aromatic carbocycles. The Labute approximate surface area is 127 Å². The van der Waals surface area contributed by atoms with Crippen LogP contribution in [0.2, 0.25) is 0 Å². The van der Waals surface area contributed by atoms with E-state index in [2.05, 4.69) is 9.97 Å². The molecule has 0 fully saturated rings. The zero-order chi connectivity index (χ0) is 15.5. The van der Waals surface area contributed by atoms with E-state index in [9.17, 15) is 10.1 Å². The third kappa shape index (κ3) is 2.52. The van der Waals surface area contributed by atoms with Crippen molar-refractivity contribution < 1.29 is 0 Å². The summed E-state index contributed by atoms with van der Waals surface area (Å²) in [6.45, 7) is 2.00. The second kappa shape index (κ2) is 5.66. The number of pyridine rings is 2. The fourth-order valence-electron chi connectivity index (χ4n) is 2.32. The summed E-state index contributed by atoms with van der Waals surface area (Å²) in [5.41, 5.74) is 3.88. The fourth-order valence-corrected chi connectivity index (χ4v) is 2.32. The van der Waals surface area contributed by atoms with Gasteiger partial charge in [-0.05, 0) is 30.7 Å². The number of benzene rings is 1. The lowest BCUT2D eigenvalue weighted by Crippen LogP contribution is -2.12. The normalized spacial score (nSPS) is 10.2. The minimum atomic E-state index is -0.382. The average molecular weight is 287 g/mol. The summed E-state index contributed by atoms with van der Waals surface area (Å²) in [7, 11) is 0. The molecular weight excluding hydrogens is 274 g/mol. The molecule has 4 nitrogen and oxygen atoms in total. The van der Waals surface area contributed by atoms with Gasteiger partial charge in [0.05, 0.1) is 0 Å². The number of nitrogens with one attached hydrogen (secondary N) is 1. The van der Waals surface area contributed by atoms with Gasteiger partial charge in [0.2, 0.25) is 0 Å². The summed E-state index contributed by atoms with van der Waals surface area (Å²) < 4.78 is 0. The van der Waals surface area contributed by atoms with Gasteiger partial charge in [-0.25, -0.2) is 0 Å². The van der Waals surface area contributed by atoms with E-state index >= 15 is 0 Å². The maximum atomic E-state index is 12.2. The second-order valence-electron chi connectivity index (χ2n) is 5.01. The highest BCUT2D eigenvalue weighted by atomic mass is 16.1. The molecule has 0 spiro atoms. The molecular formula is C18H13N3O. The number of aromatic amines is 1. The minimum Gasteiger partial charge on any atom is -0.321 e. The van der Waals surface area contributed by atoms with Crippen LogP contribution in [0.4, 0.5) is 0 Å². The number of aromatic nitrogens is 2. The number of rotatable bonds is 2. The Balaban J connectivity index is 2.24. The third-order valence-electron chi connectivity index (χ3n) is 3.50. The highest BCUT2D eigenvalue weighted by Crippen LogP contribution is 2.26. The van der Waals surface area contributed by atoms with E-state index in [0.717, 1.165) is 16.7 Å². The molecule has 0 unspecified atom stereocenters. The quantitative estimate of drug-likeness (QED) is 0.786. The Morgan fingerprint density at radius 1 is 1.05 bits per heavy atom. The SMILES string of the molecule is Cc1ccc(-c2cc(-c3ccncc3)[nH]c(=O)c2C#N)cc1. The van der Waals surface area contributed by atoms with Crippen molar-refractivity contribution in [2.75, 3.05) is 0 Å². The van der Waals surface area contributed by atoms with E-state index in [-0.39, 0.29) is 11.1 Å². The first-order valence-corrected chi connectivity index (χ1v) is 6.84. The molecule has 106 valence electrons. The smallest absolute Gasteiger partial charge is 0.266 e. The van der Waals surface area contributed by atoms with Crippen LogP contribution >= 0.6 is 0 Å². The van der Waals surface area contributed by atoms with Gasteiger partial charge in [-0.3, -0.25) is 9.78 Å². The highest BCUT2D eigenvalue weighted by molar-refractivity contribution is 5.75. The summed E-state index contributed by atoms with van der Waals surface area (Å²) in [5.74, 6) is 0. The van der Waals surface area contributed by atoms with E-state index < -0.39 is 0 Å². The number of H-pyrrole nitrogens is 1. The highest BCUT2D eigenvalue weighted by Gasteiger charge is 2.12. The molecule has 1 N–H and O–H groups in total. The summed E-state index contributed by atoms with van der Waals surface area (Å²) >= 11 is 0. The maximum Gasteiger partial charge on any atom is 0.266 e. The van der Waals surface area contributed by atoms with E-state index in [1.807, 2.05) is 55.5 Å². The van der Waals surface area contributed by atoms with E-state index in [0.29, 0.717) is 11.3 Å². The molecule has 0 atom stereocenters. The minimum absolute atomic E-state index is 0.127. The van der Waals surface area contributed by atoms with Crippen LogP contribution < -0.4 is 5.56 Å². The lowest BCUT2D eigenvalue weighted by molar-refractivity contribution is 1.21. The van der Waals surface area contributed by atoms with Gasteiger partial charge in [-0.2, -0.15) is 5.26 Å². The van der Waals surface area contributed by atoms with Crippen LogP contribution in [0.5, 0.6) is 0 Å². The zero-order valence-corrected chi connectivity index (χ0v) is 12.0. The number of aryl methyl sites for hydroxylation is 1. The van der Waals surface area contributed by atoms with Crippen molar-refractivity contribution in [3.63, 3.8) is 0 Å². The Bertz CT molecular complexity index is 904. The lowest BCUT2D eigenvalue weighted by Gasteiger charge is -2.08. The van der Waals surface area contributed by atoms with Gasteiger partial charge in [0.15, 0.2) is 0 Å². The van der Waals surface area contributed by atoms with Crippen LogP contribution in [-0.2, 0) is 0 Å². The van der Waals surface area contributed by atoms with E-state index in [1.54, 1.807) is 12.4 Å². The van der Waals surface area contributed by atoms with Crippen molar-refractivity contribution in [1.29, 1.82) is 5.26 Å². The van der Waals surface area contributed by atoms with Gasteiger partial charge in [0.1, 0.15) is 11.6 Å². The summed E-state index contributed by atoms with van der Waals surface area (Å²) in [4.78, 5) is 18.9.